The molecule has 0 aromatic carbocycles. The maximum absolute atomic E-state index is 11.5. The van der Waals surface area contributed by atoms with Crippen LogP contribution >= 0.6 is 11.3 Å². The molecular weight excluding hydrogens is 258 g/mol. The van der Waals surface area contributed by atoms with Gasteiger partial charge in [-0.05, 0) is 18.8 Å². The van der Waals surface area contributed by atoms with Crippen molar-refractivity contribution in [3.63, 3.8) is 0 Å². The number of carbonyl (C=O) groups is 1. The summed E-state index contributed by atoms with van der Waals surface area (Å²) in [5, 5.41) is 12.5. The number of hydrogen-bond acceptors (Lipinski definition) is 3. The topological polar surface area (TPSA) is 50.2 Å². The van der Waals surface area contributed by atoms with Gasteiger partial charge in [-0.1, -0.05) is 33.6 Å². The van der Waals surface area contributed by atoms with Crippen molar-refractivity contribution in [3.05, 3.63) is 16.1 Å². The van der Waals surface area contributed by atoms with Crippen molar-refractivity contribution in [2.45, 2.75) is 58.3 Å². The van der Waals surface area contributed by atoms with Crippen molar-refractivity contribution in [1.29, 1.82) is 0 Å². The molecule has 1 N–H and O–H groups in total. The molecule has 0 radical (unpaired) electrons. The minimum absolute atomic E-state index is 0.0425. The predicted molar refractivity (Wildman–Crippen MR) is 77.6 cm³/mol. The number of rotatable bonds is 4. The van der Waals surface area contributed by atoms with E-state index in [1.807, 2.05) is 0 Å². The third-order valence-electron chi connectivity index (χ3n) is 4.00. The molecule has 1 fully saturated rings. The van der Waals surface area contributed by atoms with Crippen LogP contribution in [0.4, 0.5) is 0 Å². The highest BCUT2D eigenvalue weighted by Crippen LogP contribution is 2.34. The molecule has 106 valence electrons. The molecule has 2 rings (SSSR count). The van der Waals surface area contributed by atoms with E-state index in [2.05, 4.69) is 31.1 Å². The summed E-state index contributed by atoms with van der Waals surface area (Å²) in [6.07, 6.45) is 5.09. The van der Waals surface area contributed by atoms with E-state index in [-0.39, 0.29) is 11.3 Å². The number of carboxylic acid groups (broad SMARTS) is 1. The maximum Gasteiger partial charge on any atom is 0.307 e. The van der Waals surface area contributed by atoms with E-state index in [4.69, 9.17) is 0 Å². The highest BCUT2D eigenvalue weighted by atomic mass is 32.1. The fourth-order valence-corrected chi connectivity index (χ4v) is 3.83. The first kappa shape index (κ1) is 14.5. The average Bonchev–Trinajstić information content (AvgIpc) is 2.95. The molecule has 1 aromatic rings. The second-order valence-electron chi connectivity index (χ2n) is 6.57. The Labute approximate surface area is 119 Å². The molecule has 1 unspecified atom stereocenters. The van der Waals surface area contributed by atoms with Crippen molar-refractivity contribution in [3.8, 4) is 0 Å². The number of aliphatic carboxylic acids is 1. The first-order valence-corrected chi connectivity index (χ1v) is 7.93. The van der Waals surface area contributed by atoms with Gasteiger partial charge in [-0.15, -0.1) is 11.3 Å². The zero-order valence-electron chi connectivity index (χ0n) is 12.0. The number of nitrogens with zero attached hydrogens (tertiary/aromatic N) is 1. The van der Waals surface area contributed by atoms with Gasteiger partial charge < -0.3 is 5.11 Å². The van der Waals surface area contributed by atoms with Gasteiger partial charge in [0.25, 0.3) is 0 Å². The van der Waals surface area contributed by atoms with Crippen LogP contribution in [0.15, 0.2) is 5.38 Å². The molecule has 1 aliphatic carbocycles. The lowest BCUT2D eigenvalue weighted by molar-refractivity contribution is -0.143. The fraction of sp³-hybridized carbons (Fsp3) is 0.733. The van der Waals surface area contributed by atoms with Gasteiger partial charge >= 0.3 is 5.97 Å². The Bertz CT molecular complexity index is 441. The number of hydrogen-bond donors (Lipinski definition) is 1. The highest BCUT2D eigenvalue weighted by Gasteiger charge is 2.31. The fourth-order valence-electron chi connectivity index (χ4n) is 2.75. The van der Waals surface area contributed by atoms with Crippen LogP contribution in [0.25, 0.3) is 0 Å². The van der Waals surface area contributed by atoms with Gasteiger partial charge in [0.1, 0.15) is 0 Å². The molecule has 1 saturated carbocycles. The summed E-state index contributed by atoms with van der Waals surface area (Å²) in [5.74, 6) is -0.555. The molecule has 1 aromatic heterocycles. The van der Waals surface area contributed by atoms with Crippen LogP contribution in [-0.2, 0) is 16.6 Å². The van der Waals surface area contributed by atoms with Gasteiger partial charge in [0, 0.05) is 17.2 Å². The summed E-state index contributed by atoms with van der Waals surface area (Å²) in [6.45, 7) is 6.41. The van der Waals surface area contributed by atoms with E-state index in [1.165, 1.54) is 12.8 Å². The van der Waals surface area contributed by atoms with Crippen LogP contribution < -0.4 is 0 Å². The third-order valence-corrected chi connectivity index (χ3v) is 4.87. The minimum atomic E-state index is -0.653. The lowest BCUT2D eigenvalue weighted by Crippen LogP contribution is -2.24. The standard InChI is InChI=1S/C15H23NO2S/c1-15(2,3)12-9-19-13(16-12)8-11(14(17)18)10-6-4-5-7-10/h9-11H,4-8H2,1-3H3,(H,17,18). The van der Waals surface area contributed by atoms with Gasteiger partial charge in [-0.2, -0.15) is 0 Å². The molecule has 0 bridgehead atoms. The monoisotopic (exact) mass is 281 g/mol. The van der Waals surface area contributed by atoms with Crippen LogP contribution in [0.3, 0.4) is 0 Å². The zero-order chi connectivity index (χ0) is 14.0. The second-order valence-corrected chi connectivity index (χ2v) is 7.51. The second kappa shape index (κ2) is 5.61. The summed E-state index contributed by atoms with van der Waals surface area (Å²) in [6, 6.07) is 0. The zero-order valence-corrected chi connectivity index (χ0v) is 12.8. The van der Waals surface area contributed by atoms with E-state index in [9.17, 15) is 9.90 Å². The van der Waals surface area contributed by atoms with Crippen LogP contribution in [0.2, 0.25) is 0 Å². The number of carboxylic acids is 1. The quantitative estimate of drug-likeness (QED) is 0.911. The largest absolute Gasteiger partial charge is 0.481 e. The molecular formula is C15H23NO2S. The Hall–Kier alpha value is -0.900. The summed E-state index contributed by atoms with van der Waals surface area (Å²) >= 11 is 1.61. The van der Waals surface area contributed by atoms with Gasteiger partial charge in [0.2, 0.25) is 0 Å². The lowest BCUT2D eigenvalue weighted by atomic mass is 9.88. The van der Waals surface area contributed by atoms with Gasteiger partial charge in [0.05, 0.1) is 16.6 Å². The molecule has 0 spiro atoms. The Morgan fingerprint density at radius 1 is 1.47 bits per heavy atom. The van der Waals surface area contributed by atoms with Crippen LogP contribution in [0.5, 0.6) is 0 Å². The Kier molecular flexibility index (Phi) is 4.29. The first-order chi connectivity index (χ1) is 8.88. The van der Waals surface area contributed by atoms with E-state index in [1.54, 1.807) is 11.3 Å². The summed E-state index contributed by atoms with van der Waals surface area (Å²) in [5.41, 5.74) is 1.11. The van der Waals surface area contributed by atoms with Crippen LogP contribution in [0, 0.1) is 11.8 Å². The molecule has 0 saturated heterocycles. The molecule has 0 amide bonds. The smallest absolute Gasteiger partial charge is 0.307 e. The molecule has 3 nitrogen and oxygen atoms in total. The first-order valence-electron chi connectivity index (χ1n) is 7.05. The summed E-state index contributed by atoms with van der Waals surface area (Å²) in [4.78, 5) is 16.1. The van der Waals surface area contributed by atoms with Crippen molar-refractivity contribution >= 4 is 17.3 Å². The predicted octanol–water partition coefficient (Wildman–Crippen LogP) is 3.87. The Balaban J connectivity index is 2.09. The normalized spacial score (nSPS) is 18.7. The SMILES string of the molecule is CC(C)(C)c1csc(CC(C(=O)O)C2CCCC2)n1. The van der Waals surface area contributed by atoms with E-state index < -0.39 is 5.97 Å². The van der Waals surface area contributed by atoms with Gasteiger partial charge in [0.15, 0.2) is 0 Å². The highest BCUT2D eigenvalue weighted by molar-refractivity contribution is 7.09. The van der Waals surface area contributed by atoms with Crippen molar-refractivity contribution in [1.82, 2.24) is 4.98 Å². The number of thiazole rings is 1. The molecule has 1 aliphatic rings. The van der Waals surface area contributed by atoms with E-state index in [0.717, 1.165) is 23.5 Å². The van der Waals surface area contributed by atoms with Crippen LogP contribution in [0.1, 0.15) is 57.2 Å². The average molecular weight is 281 g/mol. The van der Waals surface area contributed by atoms with Crippen molar-refractivity contribution in [2.24, 2.45) is 11.8 Å². The van der Waals surface area contributed by atoms with E-state index >= 15 is 0 Å². The molecule has 1 heterocycles. The lowest BCUT2D eigenvalue weighted by Gasteiger charge is -2.18. The Morgan fingerprint density at radius 2 is 2.11 bits per heavy atom. The number of aromatic nitrogens is 1. The Morgan fingerprint density at radius 3 is 2.58 bits per heavy atom. The molecule has 0 aliphatic heterocycles. The van der Waals surface area contributed by atoms with Crippen LogP contribution in [-0.4, -0.2) is 16.1 Å². The van der Waals surface area contributed by atoms with Crippen molar-refractivity contribution in [2.75, 3.05) is 0 Å². The van der Waals surface area contributed by atoms with Crippen molar-refractivity contribution < 1.29 is 9.90 Å². The third kappa shape index (κ3) is 3.56. The van der Waals surface area contributed by atoms with Gasteiger partial charge in [-0.25, -0.2) is 4.98 Å². The summed E-state index contributed by atoms with van der Waals surface area (Å²) in [7, 11) is 0. The van der Waals surface area contributed by atoms with Gasteiger partial charge in [-0.3, -0.25) is 4.79 Å². The molecule has 19 heavy (non-hydrogen) atoms. The molecule has 1 atom stereocenters. The van der Waals surface area contributed by atoms with E-state index in [0.29, 0.717) is 12.3 Å². The maximum atomic E-state index is 11.5. The minimum Gasteiger partial charge on any atom is -0.481 e. The summed E-state index contributed by atoms with van der Waals surface area (Å²) < 4.78 is 0. The molecule has 4 heteroatoms.